The molecule has 98 valence electrons. The smallest absolute Gasteiger partial charge is 0.138 e. The Morgan fingerprint density at radius 1 is 1.26 bits per heavy atom. The Morgan fingerprint density at radius 3 is 2.89 bits per heavy atom. The second-order valence-corrected chi connectivity index (χ2v) is 4.60. The molecule has 0 aliphatic rings. The van der Waals surface area contributed by atoms with Crippen LogP contribution in [0.2, 0.25) is 0 Å². The fraction of sp³-hybridized carbons (Fsp3) is 0.286. The second kappa shape index (κ2) is 4.85. The minimum atomic E-state index is 0.728. The largest absolute Gasteiger partial charge is 0.361 e. The molecule has 0 bridgehead atoms. The topological polar surface area (TPSA) is 55.4 Å². The summed E-state index contributed by atoms with van der Waals surface area (Å²) in [6.45, 7) is 5.36. The molecule has 0 spiro atoms. The van der Waals surface area contributed by atoms with Gasteiger partial charge >= 0.3 is 0 Å². The molecule has 0 aliphatic heterocycles. The number of hydrogen-bond acceptors (Lipinski definition) is 4. The molecule has 3 aromatic rings. The molecular weight excluding hydrogens is 240 g/mol. The molecule has 0 saturated carbocycles. The van der Waals surface area contributed by atoms with E-state index in [1.807, 2.05) is 48.8 Å². The first-order valence-corrected chi connectivity index (χ1v) is 6.29. The van der Waals surface area contributed by atoms with Crippen molar-refractivity contribution in [3.05, 3.63) is 53.3 Å². The van der Waals surface area contributed by atoms with E-state index in [1.165, 1.54) is 0 Å². The maximum absolute atomic E-state index is 5.14. The summed E-state index contributed by atoms with van der Waals surface area (Å²) in [5, 5.41) is 7.31. The maximum atomic E-state index is 5.14. The SMILES string of the molecule is Cc1noc(C)c1CNCc1cn2ccccc2n1. The fourth-order valence-corrected chi connectivity index (χ4v) is 2.14. The Kier molecular flexibility index (Phi) is 3.05. The average Bonchev–Trinajstić information content (AvgIpc) is 2.95. The van der Waals surface area contributed by atoms with E-state index in [4.69, 9.17) is 4.52 Å². The van der Waals surface area contributed by atoms with Gasteiger partial charge in [0, 0.05) is 31.0 Å². The van der Waals surface area contributed by atoms with Gasteiger partial charge in [0.05, 0.1) is 11.4 Å². The molecule has 0 unspecified atom stereocenters. The van der Waals surface area contributed by atoms with Crippen molar-refractivity contribution in [3.63, 3.8) is 0 Å². The highest BCUT2D eigenvalue weighted by atomic mass is 16.5. The Balaban J connectivity index is 1.66. The minimum Gasteiger partial charge on any atom is -0.361 e. The number of fused-ring (bicyclic) bond motifs is 1. The van der Waals surface area contributed by atoms with Crippen molar-refractivity contribution in [2.24, 2.45) is 0 Å². The number of nitrogens with zero attached hydrogens (tertiary/aromatic N) is 3. The lowest BCUT2D eigenvalue weighted by Gasteiger charge is -2.01. The third kappa shape index (κ3) is 2.37. The quantitative estimate of drug-likeness (QED) is 0.777. The van der Waals surface area contributed by atoms with Gasteiger partial charge in [-0.05, 0) is 26.0 Å². The molecule has 0 radical (unpaired) electrons. The standard InChI is InChI=1S/C14H16N4O/c1-10-13(11(2)19-17-10)8-15-7-12-9-18-6-4-3-5-14(18)16-12/h3-6,9,15H,7-8H2,1-2H3. The molecule has 3 aromatic heterocycles. The molecule has 3 heterocycles. The number of imidazole rings is 1. The van der Waals surface area contributed by atoms with Crippen molar-refractivity contribution in [1.29, 1.82) is 0 Å². The number of aromatic nitrogens is 3. The van der Waals surface area contributed by atoms with Crippen LogP contribution in [0.25, 0.3) is 5.65 Å². The van der Waals surface area contributed by atoms with Crippen molar-refractivity contribution >= 4 is 5.65 Å². The fourth-order valence-electron chi connectivity index (χ4n) is 2.14. The third-order valence-electron chi connectivity index (χ3n) is 3.20. The lowest BCUT2D eigenvalue weighted by molar-refractivity contribution is 0.392. The van der Waals surface area contributed by atoms with Gasteiger partial charge < -0.3 is 14.2 Å². The Hall–Kier alpha value is -2.14. The molecule has 0 fully saturated rings. The van der Waals surface area contributed by atoms with Gasteiger partial charge in [-0.15, -0.1) is 0 Å². The zero-order valence-corrected chi connectivity index (χ0v) is 11.1. The third-order valence-corrected chi connectivity index (χ3v) is 3.20. The van der Waals surface area contributed by atoms with E-state index in [-0.39, 0.29) is 0 Å². The number of nitrogens with one attached hydrogen (secondary N) is 1. The van der Waals surface area contributed by atoms with Gasteiger partial charge in [0.2, 0.25) is 0 Å². The van der Waals surface area contributed by atoms with Crippen LogP contribution < -0.4 is 5.32 Å². The van der Waals surface area contributed by atoms with Gasteiger partial charge in [-0.25, -0.2) is 4.98 Å². The highest BCUT2D eigenvalue weighted by Gasteiger charge is 2.08. The molecule has 0 aromatic carbocycles. The summed E-state index contributed by atoms with van der Waals surface area (Å²) in [7, 11) is 0. The summed E-state index contributed by atoms with van der Waals surface area (Å²) < 4.78 is 7.16. The summed E-state index contributed by atoms with van der Waals surface area (Å²) in [5.41, 5.74) is 4.07. The van der Waals surface area contributed by atoms with Crippen LogP contribution in [0.5, 0.6) is 0 Å². The molecule has 0 saturated heterocycles. The first-order valence-electron chi connectivity index (χ1n) is 6.29. The van der Waals surface area contributed by atoms with Crippen molar-refractivity contribution in [2.75, 3.05) is 0 Å². The van der Waals surface area contributed by atoms with Crippen LogP contribution in [0.1, 0.15) is 22.7 Å². The van der Waals surface area contributed by atoms with E-state index in [0.717, 1.165) is 41.4 Å². The van der Waals surface area contributed by atoms with E-state index >= 15 is 0 Å². The van der Waals surface area contributed by atoms with Gasteiger partial charge in [0.1, 0.15) is 11.4 Å². The van der Waals surface area contributed by atoms with Crippen LogP contribution in [0.3, 0.4) is 0 Å². The molecule has 0 atom stereocenters. The van der Waals surface area contributed by atoms with Crippen LogP contribution >= 0.6 is 0 Å². The Morgan fingerprint density at radius 2 is 2.16 bits per heavy atom. The molecule has 0 aliphatic carbocycles. The van der Waals surface area contributed by atoms with E-state index in [2.05, 4.69) is 15.5 Å². The normalized spacial score (nSPS) is 11.3. The number of aryl methyl sites for hydroxylation is 2. The van der Waals surface area contributed by atoms with E-state index < -0.39 is 0 Å². The number of rotatable bonds is 4. The molecule has 5 nitrogen and oxygen atoms in total. The highest BCUT2D eigenvalue weighted by molar-refractivity contribution is 5.39. The zero-order valence-electron chi connectivity index (χ0n) is 11.1. The predicted octanol–water partition coefficient (Wildman–Crippen LogP) is 2.23. The van der Waals surface area contributed by atoms with Crippen LogP contribution in [-0.4, -0.2) is 14.5 Å². The van der Waals surface area contributed by atoms with E-state index in [9.17, 15) is 0 Å². The monoisotopic (exact) mass is 256 g/mol. The summed E-state index contributed by atoms with van der Waals surface area (Å²) in [5.74, 6) is 0.875. The number of hydrogen-bond donors (Lipinski definition) is 1. The van der Waals surface area contributed by atoms with Crippen molar-refractivity contribution < 1.29 is 4.52 Å². The van der Waals surface area contributed by atoms with Gasteiger partial charge in [0.25, 0.3) is 0 Å². The average molecular weight is 256 g/mol. The Labute approximate surface area is 111 Å². The first-order chi connectivity index (χ1) is 9.24. The minimum absolute atomic E-state index is 0.728. The maximum Gasteiger partial charge on any atom is 0.138 e. The van der Waals surface area contributed by atoms with Crippen LogP contribution in [0, 0.1) is 13.8 Å². The molecule has 5 heteroatoms. The predicted molar refractivity (Wildman–Crippen MR) is 71.7 cm³/mol. The highest BCUT2D eigenvalue weighted by Crippen LogP contribution is 2.12. The van der Waals surface area contributed by atoms with Crippen LogP contribution in [0.15, 0.2) is 35.1 Å². The van der Waals surface area contributed by atoms with Crippen LogP contribution in [-0.2, 0) is 13.1 Å². The van der Waals surface area contributed by atoms with Gasteiger partial charge in [-0.1, -0.05) is 11.2 Å². The Bertz CT molecular complexity index is 646. The van der Waals surface area contributed by atoms with Gasteiger partial charge in [-0.3, -0.25) is 0 Å². The summed E-state index contributed by atoms with van der Waals surface area (Å²) in [6.07, 6.45) is 4.04. The first kappa shape index (κ1) is 11.9. The summed E-state index contributed by atoms with van der Waals surface area (Å²) in [4.78, 5) is 4.54. The molecular formula is C14H16N4O. The second-order valence-electron chi connectivity index (χ2n) is 4.60. The lowest BCUT2D eigenvalue weighted by atomic mass is 10.2. The molecule has 0 amide bonds. The van der Waals surface area contributed by atoms with Gasteiger partial charge in [-0.2, -0.15) is 0 Å². The zero-order chi connectivity index (χ0) is 13.2. The summed E-state index contributed by atoms with van der Waals surface area (Å²) >= 11 is 0. The number of pyridine rings is 1. The lowest BCUT2D eigenvalue weighted by Crippen LogP contribution is -2.13. The van der Waals surface area contributed by atoms with Gasteiger partial charge in [0.15, 0.2) is 0 Å². The van der Waals surface area contributed by atoms with E-state index in [0.29, 0.717) is 0 Å². The van der Waals surface area contributed by atoms with Crippen LogP contribution in [0.4, 0.5) is 0 Å². The molecule has 3 rings (SSSR count). The molecule has 19 heavy (non-hydrogen) atoms. The van der Waals surface area contributed by atoms with E-state index in [1.54, 1.807) is 0 Å². The molecule has 1 N–H and O–H groups in total. The van der Waals surface area contributed by atoms with Crippen molar-refractivity contribution in [2.45, 2.75) is 26.9 Å². The van der Waals surface area contributed by atoms with Crippen molar-refractivity contribution in [3.8, 4) is 0 Å². The van der Waals surface area contributed by atoms with Crippen molar-refractivity contribution in [1.82, 2.24) is 19.9 Å². The summed E-state index contributed by atoms with van der Waals surface area (Å²) in [6, 6.07) is 5.98.